The Labute approximate surface area is 315 Å². The number of fused-ring (bicyclic) bond motifs is 10. The van der Waals surface area contributed by atoms with Gasteiger partial charge in [-0.2, -0.15) is 0 Å². The second kappa shape index (κ2) is 14.0. The van der Waals surface area contributed by atoms with Crippen molar-refractivity contribution in [2.24, 2.45) is 0 Å². The minimum Gasteiger partial charge on any atom is -0.500 e. The Hall–Kier alpha value is -4.93. The van der Waals surface area contributed by atoms with E-state index in [9.17, 15) is 0 Å². The zero-order valence-electron chi connectivity index (χ0n) is 30.3. The number of hydrogen-bond donors (Lipinski definition) is 0. The molecule has 0 aliphatic carbocycles. The quantitative estimate of drug-likeness (QED) is 0.101. The van der Waals surface area contributed by atoms with Crippen LogP contribution in [0.4, 0.5) is 0 Å². The summed E-state index contributed by atoms with van der Waals surface area (Å²) < 4.78 is 15.2. The van der Waals surface area contributed by atoms with Crippen LogP contribution in [0.5, 0.6) is 0 Å². The van der Waals surface area contributed by atoms with Crippen LogP contribution < -0.4 is 5.19 Å². The van der Waals surface area contributed by atoms with E-state index in [-0.39, 0.29) is 20.1 Å². The van der Waals surface area contributed by atoms with Crippen LogP contribution in [0.15, 0.2) is 138 Å². The van der Waals surface area contributed by atoms with Crippen LogP contribution in [0.3, 0.4) is 0 Å². The summed E-state index contributed by atoms with van der Waals surface area (Å²) >= 11 is 0. The zero-order chi connectivity index (χ0) is 35.3. The smallest absolute Gasteiger partial charge is 0.129 e. The molecule has 5 heteroatoms. The molecule has 9 rings (SSSR count). The molecule has 1 radical (unpaired) electrons. The Morgan fingerprint density at radius 3 is 1.92 bits per heavy atom. The van der Waals surface area contributed by atoms with Gasteiger partial charge in [-0.15, -0.1) is 54.1 Å². The average molecular weight is 856 g/mol. The first kappa shape index (κ1) is 33.2. The SMILES string of the molecule is C[Si](C)(C)c1ccc(-c2[c-]cccc2)nc1.[2H]C(C)(C)c1ccnc(-c2[c-]ccc3c2oc2c3ccc3c4ccccc4c4ccccc4c32)c1.[Ir]. The standard InChI is InChI=1S/C32H22NO.C14H16NSi.Ir/c1-19(2)20-16-17-33-29(18-20)28-13-7-12-26-27-15-14-25-23-10-4-3-8-21(23)22-9-5-6-11-24(22)30(25)32(27)34-31(26)28;1-16(2,3)13-9-10-14(15-11-13)12-7-5-4-6-8-12;/h3-12,14-19H,1-2H3;4-7,9-11H,1-3H3;/q2*-1;/i19D;;. The molecule has 3 heterocycles. The van der Waals surface area contributed by atoms with E-state index in [2.05, 4.69) is 121 Å². The van der Waals surface area contributed by atoms with Crippen molar-refractivity contribution < 1.29 is 25.9 Å². The van der Waals surface area contributed by atoms with E-state index in [1.54, 1.807) is 6.20 Å². The van der Waals surface area contributed by atoms with Gasteiger partial charge >= 0.3 is 0 Å². The van der Waals surface area contributed by atoms with Crippen LogP contribution in [0.2, 0.25) is 19.6 Å². The molecule has 0 spiro atoms. The molecule has 51 heavy (non-hydrogen) atoms. The van der Waals surface area contributed by atoms with Gasteiger partial charge in [-0.05, 0) is 55.5 Å². The van der Waals surface area contributed by atoms with Crippen LogP contribution >= 0.6 is 0 Å². The minimum absolute atomic E-state index is 0. The number of pyridine rings is 2. The molecule has 0 saturated heterocycles. The molecule has 0 N–H and O–H groups in total. The van der Waals surface area contributed by atoms with E-state index in [0.29, 0.717) is 0 Å². The maximum Gasteiger partial charge on any atom is 0.129 e. The summed E-state index contributed by atoms with van der Waals surface area (Å²) in [6.07, 6.45) is 3.79. The van der Waals surface area contributed by atoms with E-state index < -0.39 is 14.0 Å². The number of hydrogen-bond acceptors (Lipinski definition) is 3. The Morgan fingerprint density at radius 2 is 1.27 bits per heavy atom. The van der Waals surface area contributed by atoms with Crippen LogP contribution in [0.25, 0.3) is 76.8 Å². The average Bonchev–Trinajstić information content (AvgIpc) is 3.54. The number of aromatic nitrogens is 2. The molecule has 0 bridgehead atoms. The fraction of sp³-hybridized carbons (Fsp3) is 0.130. The van der Waals surface area contributed by atoms with E-state index in [1.165, 1.54) is 32.1 Å². The first-order valence-corrected chi connectivity index (χ1v) is 20.6. The van der Waals surface area contributed by atoms with Crippen molar-refractivity contribution in [1.82, 2.24) is 9.97 Å². The fourth-order valence-corrected chi connectivity index (χ4v) is 7.84. The van der Waals surface area contributed by atoms with Crippen LogP contribution in [0.1, 0.15) is 26.7 Å². The van der Waals surface area contributed by atoms with E-state index in [4.69, 9.17) is 5.79 Å². The Morgan fingerprint density at radius 1 is 0.627 bits per heavy atom. The number of furan rings is 1. The second-order valence-electron chi connectivity index (χ2n) is 14.0. The molecule has 0 amide bonds. The second-order valence-corrected chi connectivity index (χ2v) is 19.1. The summed E-state index contributed by atoms with van der Waals surface area (Å²) in [5.41, 5.74) is 6.23. The van der Waals surface area contributed by atoms with Crippen molar-refractivity contribution in [3.8, 4) is 22.5 Å². The number of rotatable bonds is 4. The van der Waals surface area contributed by atoms with Gasteiger partial charge in [-0.1, -0.05) is 129 Å². The van der Waals surface area contributed by atoms with Crippen molar-refractivity contribution in [3.63, 3.8) is 0 Å². The van der Waals surface area contributed by atoms with Crippen LogP contribution in [-0.2, 0) is 20.1 Å². The summed E-state index contributed by atoms with van der Waals surface area (Å²) in [5.74, 6) is -0.713. The third-order valence-corrected chi connectivity index (χ3v) is 11.5. The molecule has 0 unspecified atom stereocenters. The molecule has 0 atom stereocenters. The van der Waals surface area contributed by atoms with Gasteiger partial charge in [0.05, 0.1) is 13.7 Å². The third-order valence-electron chi connectivity index (χ3n) is 9.51. The molecule has 6 aromatic carbocycles. The van der Waals surface area contributed by atoms with Crippen molar-refractivity contribution in [2.45, 2.75) is 39.4 Å². The first-order chi connectivity index (χ1) is 24.6. The first-order valence-electron chi connectivity index (χ1n) is 17.6. The normalized spacial score (nSPS) is 12.1. The van der Waals surface area contributed by atoms with Gasteiger partial charge in [-0.3, -0.25) is 0 Å². The molecule has 0 fully saturated rings. The summed E-state index contributed by atoms with van der Waals surface area (Å²) in [5, 5.41) is 10.7. The van der Waals surface area contributed by atoms with Crippen LogP contribution in [-0.4, -0.2) is 18.0 Å². The number of nitrogens with zero attached hydrogens (tertiary/aromatic N) is 2. The maximum atomic E-state index is 8.45. The Balaban J connectivity index is 0.000000209. The largest absolute Gasteiger partial charge is 0.500 e. The van der Waals surface area contributed by atoms with Crippen LogP contribution in [0, 0.1) is 12.1 Å². The summed E-state index contributed by atoms with van der Waals surface area (Å²) in [6.45, 7) is 10.8. The molecule has 9 aromatic rings. The molecule has 3 nitrogen and oxygen atoms in total. The van der Waals surface area contributed by atoms with Gasteiger partial charge in [-0.25, -0.2) is 0 Å². The summed E-state index contributed by atoms with van der Waals surface area (Å²) in [6, 6.07) is 48.2. The summed E-state index contributed by atoms with van der Waals surface area (Å²) in [7, 11) is -1.23. The Bertz CT molecular complexity index is 2680. The molecule has 0 saturated carbocycles. The van der Waals surface area contributed by atoms with Gasteiger partial charge in [0.25, 0.3) is 0 Å². The monoisotopic (exact) mass is 856 g/mol. The maximum absolute atomic E-state index is 8.45. The van der Waals surface area contributed by atoms with E-state index in [1.807, 2.05) is 62.5 Å². The third kappa shape index (κ3) is 6.42. The molecule has 0 aliphatic heterocycles. The molecular weight excluding hydrogens is 817 g/mol. The zero-order valence-corrected chi connectivity index (χ0v) is 32.7. The summed E-state index contributed by atoms with van der Waals surface area (Å²) in [4.78, 5) is 9.14. The van der Waals surface area contributed by atoms with E-state index in [0.717, 1.165) is 55.4 Å². The Kier molecular flexibility index (Phi) is 9.12. The van der Waals surface area contributed by atoms with Gasteiger partial charge in [0.1, 0.15) is 5.58 Å². The molecular formula is C46H38IrN2OSi-2. The van der Waals surface area contributed by atoms with Crippen molar-refractivity contribution in [1.29, 1.82) is 0 Å². The molecule has 0 aliphatic rings. The van der Waals surface area contributed by atoms with Crippen molar-refractivity contribution in [2.75, 3.05) is 0 Å². The van der Waals surface area contributed by atoms with Gasteiger partial charge in [0.2, 0.25) is 0 Å². The topological polar surface area (TPSA) is 38.9 Å². The van der Waals surface area contributed by atoms with Crippen molar-refractivity contribution >= 4 is 67.5 Å². The predicted molar refractivity (Wildman–Crippen MR) is 214 cm³/mol. The van der Waals surface area contributed by atoms with Gasteiger partial charge < -0.3 is 14.4 Å². The molecule has 253 valence electrons. The van der Waals surface area contributed by atoms with Gasteiger partial charge in [0.15, 0.2) is 0 Å². The predicted octanol–water partition coefficient (Wildman–Crippen LogP) is 12.1. The van der Waals surface area contributed by atoms with Gasteiger partial charge in [0, 0.05) is 44.6 Å². The fourth-order valence-electron chi connectivity index (χ4n) is 6.80. The van der Waals surface area contributed by atoms with Crippen molar-refractivity contribution in [3.05, 3.63) is 151 Å². The minimum atomic E-state index is -1.23. The molecule has 3 aromatic heterocycles. The van der Waals surface area contributed by atoms with E-state index >= 15 is 0 Å². The number of benzene rings is 6.